The Balaban J connectivity index is 1.95. The highest BCUT2D eigenvalue weighted by atomic mass is 32.1. The van der Waals surface area contributed by atoms with Gasteiger partial charge in [0, 0.05) is 24.3 Å². The number of H-pyrrole nitrogens is 1. The van der Waals surface area contributed by atoms with Crippen LogP contribution >= 0.6 is 11.3 Å². The molecule has 2 aliphatic heterocycles. The normalized spacial score (nSPS) is 20.6. The molecule has 4 heterocycles. The van der Waals surface area contributed by atoms with Gasteiger partial charge in [-0.1, -0.05) is 0 Å². The Hall–Kier alpha value is -2.35. The molecule has 4 rings (SSSR count). The van der Waals surface area contributed by atoms with Crippen LogP contribution in [0.25, 0.3) is 10.4 Å². The molecular weight excluding hydrogens is 292 g/mol. The van der Waals surface area contributed by atoms with Crippen molar-refractivity contribution >= 4 is 28.8 Å². The molecular formula is C13H12N4O3S. The van der Waals surface area contributed by atoms with Crippen LogP contribution < -0.4 is 15.0 Å². The number of anilines is 1. The Kier molecular flexibility index (Phi) is 2.55. The smallest absolute Gasteiger partial charge is 0.265 e. The number of aromatic amines is 1. The molecule has 0 aromatic carbocycles. The van der Waals surface area contributed by atoms with Crippen molar-refractivity contribution in [3.05, 3.63) is 17.3 Å². The van der Waals surface area contributed by atoms with E-state index in [1.165, 1.54) is 11.3 Å². The lowest BCUT2D eigenvalue weighted by Gasteiger charge is -2.28. The molecule has 2 N–H and O–H groups in total. The maximum absolute atomic E-state index is 12.3. The summed E-state index contributed by atoms with van der Waals surface area (Å²) in [7, 11) is 0. The van der Waals surface area contributed by atoms with Crippen LogP contribution in [0.2, 0.25) is 0 Å². The lowest BCUT2D eigenvalue weighted by atomic mass is 10.2. The van der Waals surface area contributed by atoms with Gasteiger partial charge in [0.2, 0.25) is 0 Å². The van der Waals surface area contributed by atoms with E-state index in [4.69, 9.17) is 4.74 Å². The van der Waals surface area contributed by atoms with Crippen LogP contribution in [0.3, 0.4) is 0 Å². The SMILES string of the molecule is C[C@H]1CN2C(=O)COc3c(-c4cn[nH]c4)sc(c32)C(=O)N1. The second kappa shape index (κ2) is 4.32. The summed E-state index contributed by atoms with van der Waals surface area (Å²) in [6.07, 6.45) is 3.42. The van der Waals surface area contributed by atoms with E-state index in [-0.39, 0.29) is 24.5 Å². The van der Waals surface area contributed by atoms with E-state index in [9.17, 15) is 9.59 Å². The average Bonchev–Trinajstić information content (AvgIpc) is 3.05. The first-order valence-electron chi connectivity index (χ1n) is 6.55. The maximum Gasteiger partial charge on any atom is 0.265 e. The number of ether oxygens (including phenoxy) is 1. The predicted molar refractivity (Wildman–Crippen MR) is 76.7 cm³/mol. The number of hydrogen-bond donors (Lipinski definition) is 2. The second-order valence-corrected chi connectivity index (χ2v) is 6.11. The predicted octanol–water partition coefficient (Wildman–Crippen LogP) is 0.995. The number of nitrogens with one attached hydrogen (secondary N) is 2. The summed E-state index contributed by atoms with van der Waals surface area (Å²) >= 11 is 1.32. The van der Waals surface area contributed by atoms with E-state index in [2.05, 4.69) is 15.5 Å². The zero-order valence-corrected chi connectivity index (χ0v) is 12.0. The topological polar surface area (TPSA) is 87.3 Å². The number of thiophene rings is 1. The number of amides is 2. The fraction of sp³-hybridized carbons (Fsp3) is 0.308. The van der Waals surface area contributed by atoms with Gasteiger partial charge in [-0.15, -0.1) is 11.3 Å². The van der Waals surface area contributed by atoms with Crippen molar-refractivity contribution < 1.29 is 14.3 Å². The molecule has 0 unspecified atom stereocenters. The van der Waals surface area contributed by atoms with Gasteiger partial charge in [0.15, 0.2) is 12.4 Å². The summed E-state index contributed by atoms with van der Waals surface area (Å²) in [5.74, 6) is 0.309. The third-order valence-corrected chi connectivity index (χ3v) is 4.76. The molecule has 0 radical (unpaired) electrons. The molecule has 7 nitrogen and oxygen atoms in total. The largest absolute Gasteiger partial charge is 0.480 e. The number of aromatic nitrogens is 2. The zero-order valence-electron chi connectivity index (χ0n) is 11.2. The van der Waals surface area contributed by atoms with Crippen molar-refractivity contribution in [1.29, 1.82) is 0 Å². The van der Waals surface area contributed by atoms with E-state index in [1.54, 1.807) is 17.3 Å². The van der Waals surface area contributed by atoms with Crippen molar-refractivity contribution in [3.8, 4) is 16.2 Å². The monoisotopic (exact) mass is 304 g/mol. The molecule has 2 aromatic rings. The molecule has 0 bridgehead atoms. The van der Waals surface area contributed by atoms with E-state index in [1.807, 2.05) is 6.92 Å². The molecule has 0 spiro atoms. The Morgan fingerprint density at radius 2 is 2.29 bits per heavy atom. The lowest BCUT2D eigenvalue weighted by molar-refractivity contribution is -0.121. The van der Waals surface area contributed by atoms with Gasteiger partial charge in [0.1, 0.15) is 10.6 Å². The molecule has 108 valence electrons. The van der Waals surface area contributed by atoms with Gasteiger partial charge >= 0.3 is 0 Å². The van der Waals surface area contributed by atoms with Crippen molar-refractivity contribution in [2.75, 3.05) is 18.1 Å². The van der Waals surface area contributed by atoms with E-state index in [0.29, 0.717) is 22.9 Å². The highest BCUT2D eigenvalue weighted by molar-refractivity contribution is 7.18. The lowest BCUT2D eigenvalue weighted by Crippen LogP contribution is -2.44. The van der Waals surface area contributed by atoms with Crippen molar-refractivity contribution in [3.63, 3.8) is 0 Å². The highest BCUT2D eigenvalue weighted by Crippen LogP contribution is 2.50. The molecule has 21 heavy (non-hydrogen) atoms. The van der Waals surface area contributed by atoms with Crippen LogP contribution in [0, 0.1) is 0 Å². The van der Waals surface area contributed by atoms with Gasteiger partial charge in [0.25, 0.3) is 11.8 Å². The molecule has 0 saturated heterocycles. The molecule has 2 aromatic heterocycles. The Morgan fingerprint density at radius 3 is 3.05 bits per heavy atom. The number of hydrogen-bond acceptors (Lipinski definition) is 5. The summed E-state index contributed by atoms with van der Waals surface area (Å²) in [6.45, 7) is 2.33. The second-order valence-electron chi connectivity index (χ2n) is 5.09. The standard InChI is InChI=1S/C13H12N4O3S/c1-6-4-17-8(18)5-20-10-9(17)12(13(19)16-6)21-11(10)7-2-14-15-3-7/h2-3,6H,4-5H2,1H3,(H,14,15)(H,16,19)/t6-/m0/s1. The number of nitrogens with zero attached hydrogens (tertiary/aromatic N) is 2. The van der Waals surface area contributed by atoms with E-state index < -0.39 is 0 Å². The van der Waals surface area contributed by atoms with E-state index >= 15 is 0 Å². The van der Waals surface area contributed by atoms with Crippen LogP contribution in [-0.2, 0) is 4.79 Å². The van der Waals surface area contributed by atoms with Gasteiger partial charge in [-0.2, -0.15) is 5.10 Å². The quantitative estimate of drug-likeness (QED) is 0.822. The van der Waals surface area contributed by atoms with Crippen LogP contribution in [-0.4, -0.2) is 41.2 Å². The minimum atomic E-state index is -0.167. The van der Waals surface area contributed by atoms with Gasteiger partial charge < -0.3 is 15.0 Å². The molecule has 2 aliphatic rings. The van der Waals surface area contributed by atoms with Gasteiger partial charge in [0.05, 0.1) is 11.1 Å². The molecule has 8 heteroatoms. The minimum absolute atomic E-state index is 0.00502. The van der Waals surface area contributed by atoms with Crippen LogP contribution in [0.15, 0.2) is 12.4 Å². The minimum Gasteiger partial charge on any atom is -0.480 e. The van der Waals surface area contributed by atoms with Crippen molar-refractivity contribution in [2.45, 2.75) is 13.0 Å². The fourth-order valence-electron chi connectivity index (χ4n) is 2.64. The third kappa shape index (κ3) is 1.75. The van der Waals surface area contributed by atoms with Gasteiger partial charge in [-0.05, 0) is 6.92 Å². The number of rotatable bonds is 1. The average molecular weight is 304 g/mol. The summed E-state index contributed by atoms with van der Waals surface area (Å²) in [4.78, 5) is 27.4. The summed E-state index contributed by atoms with van der Waals surface area (Å²) in [5, 5.41) is 9.57. The number of carbonyl (C=O) groups excluding carboxylic acids is 2. The fourth-order valence-corrected chi connectivity index (χ4v) is 3.78. The van der Waals surface area contributed by atoms with Crippen LogP contribution in [0.5, 0.6) is 5.75 Å². The Labute approximate surface area is 123 Å². The van der Waals surface area contributed by atoms with E-state index in [0.717, 1.165) is 10.4 Å². The van der Waals surface area contributed by atoms with Gasteiger partial charge in [-0.25, -0.2) is 0 Å². The highest BCUT2D eigenvalue weighted by Gasteiger charge is 2.38. The molecule has 2 amide bonds. The number of carbonyl (C=O) groups is 2. The van der Waals surface area contributed by atoms with Crippen molar-refractivity contribution in [1.82, 2.24) is 15.5 Å². The van der Waals surface area contributed by atoms with Crippen molar-refractivity contribution in [2.24, 2.45) is 0 Å². The van der Waals surface area contributed by atoms with Crippen LogP contribution in [0.4, 0.5) is 5.69 Å². The summed E-state index contributed by atoms with van der Waals surface area (Å²) in [6, 6.07) is -0.0932. The summed E-state index contributed by atoms with van der Waals surface area (Å²) in [5.41, 5.74) is 1.44. The molecule has 0 fully saturated rings. The summed E-state index contributed by atoms with van der Waals surface area (Å²) < 4.78 is 5.61. The first-order chi connectivity index (χ1) is 10.1. The van der Waals surface area contributed by atoms with Crippen LogP contribution in [0.1, 0.15) is 16.6 Å². The Bertz CT molecular complexity index is 737. The van der Waals surface area contributed by atoms with Gasteiger partial charge in [-0.3, -0.25) is 14.7 Å². The molecule has 0 saturated carbocycles. The third-order valence-electron chi connectivity index (χ3n) is 3.55. The first-order valence-corrected chi connectivity index (χ1v) is 7.36. The maximum atomic E-state index is 12.3. The first kappa shape index (κ1) is 12.4. The zero-order chi connectivity index (χ0) is 14.6. The molecule has 0 aliphatic carbocycles. The molecule has 1 atom stereocenters. The Morgan fingerprint density at radius 1 is 1.43 bits per heavy atom.